The van der Waals surface area contributed by atoms with Crippen molar-refractivity contribution < 1.29 is 9.90 Å². The second-order valence-corrected chi connectivity index (χ2v) is 7.27. The molecule has 25 heavy (non-hydrogen) atoms. The molecular formula is C15H10BrN5O3S. The molecule has 8 nitrogen and oxygen atoms in total. The van der Waals surface area contributed by atoms with E-state index in [4.69, 9.17) is 0 Å². The van der Waals surface area contributed by atoms with Crippen molar-refractivity contribution in [2.75, 3.05) is 0 Å². The number of rotatable bonds is 3. The highest BCUT2D eigenvalue weighted by atomic mass is 79.9. The number of nitrogens with zero attached hydrogens (tertiary/aromatic N) is 5. The molecule has 0 fully saturated rings. The number of hydrazone groups is 1. The molecule has 1 aromatic carbocycles. The van der Waals surface area contributed by atoms with E-state index in [-0.39, 0.29) is 12.0 Å². The number of halogens is 1. The molecule has 0 amide bonds. The largest absolute Gasteiger partial charge is 0.480 e. The van der Waals surface area contributed by atoms with Crippen LogP contribution in [-0.4, -0.2) is 42.4 Å². The highest BCUT2D eigenvalue weighted by Gasteiger charge is 2.32. The monoisotopic (exact) mass is 419 g/mol. The molecule has 0 unspecified atom stereocenters. The van der Waals surface area contributed by atoms with Gasteiger partial charge in [-0.1, -0.05) is 39.4 Å². The van der Waals surface area contributed by atoms with Gasteiger partial charge in [0, 0.05) is 17.1 Å². The zero-order valence-electron chi connectivity index (χ0n) is 12.5. The molecule has 1 aliphatic heterocycles. The van der Waals surface area contributed by atoms with E-state index >= 15 is 0 Å². The predicted octanol–water partition coefficient (Wildman–Crippen LogP) is 0.934. The van der Waals surface area contributed by atoms with Crippen LogP contribution in [0.4, 0.5) is 0 Å². The van der Waals surface area contributed by atoms with Crippen LogP contribution >= 0.6 is 27.3 Å². The van der Waals surface area contributed by atoms with Crippen LogP contribution in [0.1, 0.15) is 12.0 Å². The van der Waals surface area contributed by atoms with E-state index in [1.54, 1.807) is 0 Å². The fraction of sp³-hybridized carbons (Fsp3) is 0.133. The van der Waals surface area contributed by atoms with Gasteiger partial charge in [0.15, 0.2) is 6.04 Å². The maximum absolute atomic E-state index is 12.3. The number of carboxylic acids is 1. The molecule has 0 bridgehead atoms. The summed E-state index contributed by atoms with van der Waals surface area (Å²) >= 11 is 4.51. The van der Waals surface area contributed by atoms with Crippen LogP contribution in [-0.2, 0) is 4.79 Å². The Kier molecular flexibility index (Phi) is 3.85. The van der Waals surface area contributed by atoms with Gasteiger partial charge >= 0.3 is 5.97 Å². The Bertz CT molecular complexity index is 1100. The number of hydrogen-bond donors (Lipinski definition) is 1. The molecular weight excluding hydrogens is 410 g/mol. The lowest BCUT2D eigenvalue weighted by Gasteiger charge is -2.14. The van der Waals surface area contributed by atoms with E-state index in [1.165, 1.54) is 22.1 Å². The van der Waals surface area contributed by atoms with Gasteiger partial charge in [0.1, 0.15) is 10.9 Å². The van der Waals surface area contributed by atoms with Gasteiger partial charge in [-0.2, -0.15) is 14.7 Å². The fourth-order valence-corrected chi connectivity index (χ4v) is 3.66. The van der Waals surface area contributed by atoms with Crippen molar-refractivity contribution in [1.82, 2.24) is 19.6 Å². The van der Waals surface area contributed by atoms with Crippen molar-refractivity contribution in [2.45, 2.75) is 12.5 Å². The van der Waals surface area contributed by atoms with Crippen molar-refractivity contribution in [1.29, 1.82) is 0 Å². The Labute approximate surface area is 152 Å². The number of aromatic nitrogens is 3. The molecule has 0 radical (unpaired) electrons. The number of thiazole rings is 1. The summed E-state index contributed by atoms with van der Waals surface area (Å²) in [7, 11) is 0. The molecule has 1 N–H and O–H groups in total. The summed E-state index contributed by atoms with van der Waals surface area (Å²) < 4.78 is 2.45. The van der Waals surface area contributed by atoms with E-state index in [0.29, 0.717) is 15.2 Å². The quantitative estimate of drug-likeness (QED) is 0.677. The van der Waals surface area contributed by atoms with Crippen LogP contribution in [0.15, 0.2) is 45.0 Å². The Balaban J connectivity index is 1.77. The van der Waals surface area contributed by atoms with Gasteiger partial charge in [0.05, 0.1) is 5.71 Å². The zero-order chi connectivity index (χ0) is 17.6. The average molecular weight is 420 g/mol. The molecule has 0 saturated carbocycles. The second kappa shape index (κ2) is 6.05. The molecule has 0 saturated heterocycles. The highest BCUT2D eigenvalue weighted by Crippen LogP contribution is 2.22. The predicted molar refractivity (Wildman–Crippen MR) is 95.4 cm³/mol. The average Bonchev–Trinajstić information content (AvgIpc) is 3.27. The topological polar surface area (TPSA) is 100 Å². The lowest BCUT2D eigenvalue weighted by Crippen LogP contribution is -2.34. The number of benzene rings is 1. The summed E-state index contributed by atoms with van der Waals surface area (Å²) in [4.78, 5) is 28.3. The molecule has 0 spiro atoms. The van der Waals surface area contributed by atoms with E-state index < -0.39 is 12.0 Å². The number of carbonyl (C=O) groups is 1. The van der Waals surface area contributed by atoms with Crippen molar-refractivity contribution in [3.8, 4) is 0 Å². The van der Waals surface area contributed by atoms with Crippen molar-refractivity contribution in [2.24, 2.45) is 5.10 Å². The van der Waals surface area contributed by atoms with Crippen LogP contribution in [0.3, 0.4) is 0 Å². The lowest BCUT2D eigenvalue weighted by atomic mass is 10.0. The van der Waals surface area contributed by atoms with Gasteiger partial charge in [-0.25, -0.2) is 9.78 Å². The Morgan fingerprint density at radius 2 is 2.12 bits per heavy atom. The van der Waals surface area contributed by atoms with E-state index in [0.717, 1.165) is 21.4 Å². The Morgan fingerprint density at radius 1 is 1.36 bits per heavy atom. The Hall–Kier alpha value is -2.59. The third-order valence-corrected chi connectivity index (χ3v) is 5.26. The molecule has 126 valence electrons. The molecule has 0 aliphatic carbocycles. The van der Waals surface area contributed by atoms with Gasteiger partial charge in [-0.15, -0.1) is 0 Å². The van der Waals surface area contributed by atoms with E-state index in [2.05, 4.69) is 31.1 Å². The summed E-state index contributed by atoms with van der Waals surface area (Å²) in [6, 6.07) is 6.62. The van der Waals surface area contributed by atoms with Gasteiger partial charge in [0.2, 0.25) is 4.96 Å². The highest BCUT2D eigenvalue weighted by molar-refractivity contribution is 9.10. The minimum atomic E-state index is -1.00. The first-order valence-corrected chi connectivity index (χ1v) is 8.83. The van der Waals surface area contributed by atoms with Gasteiger partial charge in [-0.05, 0) is 17.7 Å². The molecule has 2 aromatic heterocycles. The lowest BCUT2D eigenvalue weighted by molar-refractivity contribution is -0.141. The smallest absolute Gasteiger partial charge is 0.328 e. The van der Waals surface area contributed by atoms with Crippen molar-refractivity contribution >= 4 is 50.1 Å². The zero-order valence-corrected chi connectivity index (χ0v) is 14.9. The molecule has 3 aromatic rings. The minimum Gasteiger partial charge on any atom is -0.480 e. The molecule has 3 heterocycles. The van der Waals surface area contributed by atoms with Crippen LogP contribution in [0.2, 0.25) is 0 Å². The summed E-state index contributed by atoms with van der Waals surface area (Å²) in [5, 5.41) is 19.1. The van der Waals surface area contributed by atoms with E-state index in [1.807, 2.05) is 24.3 Å². The first-order valence-electron chi connectivity index (χ1n) is 7.22. The third kappa shape index (κ3) is 2.83. The summed E-state index contributed by atoms with van der Waals surface area (Å²) in [6.45, 7) is 0. The van der Waals surface area contributed by atoms with Crippen LogP contribution in [0, 0.1) is 0 Å². The number of hydrogen-bond acceptors (Lipinski definition) is 7. The number of carboxylic acid groups (broad SMARTS) is 1. The first kappa shape index (κ1) is 15.9. The molecule has 1 aliphatic rings. The normalized spacial score (nSPS) is 18.1. The third-order valence-electron chi connectivity index (χ3n) is 3.78. The summed E-state index contributed by atoms with van der Waals surface area (Å²) in [5.41, 5.74) is 1.16. The maximum atomic E-state index is 12.3. The number of fused-ring (bicyclic) bond motifs is 1. The van der Waals surface area contributed by atoms with Crippen LogP contribution < -0.4 is 10.1 Å². The van der Waals surface area contributed by atoms with Crippen molar-refractivity contribution in [3.05, 3.63) is 55.5 Å². The summed E-state index contributed by atoms with van der Waals surface area (Å²) in [6.07, 6.45) is 3.01. The molecule has 10 heteroatoms. The van der Waals surface area contributed by atoms with Gasteiger partial charge < -0.3 is 5.11 Å². The van der Waals surface area contributed by atoms with Crippen LogP contribution in [0.25, 0.3) is 11.2 Å². The number of aliphatic carboxylic acids is 1. The van der Waals surface area contributed by atoms with Gasteiger partial charge in [0.25, 0.3) is 5.56 Å². The summed E-state index contributed by atoms with van der Waals surface area (Å²) in [5.74, 6) is -1.00. The molecule has 1 atom stereocenters. The first-order chi connectivity index (χ1) is 12.0. The second-order valence-electron chi connectivity index (χ2n) is 5.35. The van der Waals surface area contributed by atoms with Crippen molar-refractivity contribution in [3.63, 3.8) is 0 Å². The Morgan fingerprint density at radius 3 is 2.80 bits per heavy atom. The van der Waals surface area contributed by atoms with Crippen LogP contribution in [0.5, 0.6) is 0 Å². The maximum Gasteiger partial charge on any atom is 0.328 e. The standard InChI is InChI=1S/C15H10BrN5O3S/c16-9-3-1-8(2-4-9)10-5-11(14(23)24)20(19-10)6-12-13(22)21-15(25-12)17-7-18-21/h1-4,6-7,11H,5H2,(H,23,24)/b12-6-/t11-/m1/s1. The fourth-order valence-electron chi connectivity index (χ4n) is 2.55. The SMILES string of the molecule is O=C(O)[C@H]1CC(c2ccc(Br)cc2)=NN1/C=c1\sc2ncnn2c1=O. The van der Waals surface area contributed by atoms with E-state index in [9.17, 15) is 14.7 Å². The minimum absolute atomic E-state index is 0.252. The van der Waals surface area contributed by atoms with Gasteiger partial charge in [-0.3, -0.25) is 9.80 Å². The molecule has 4 rings (SSSR count).